The van der Waals surface area contributed by atoms with E-state index in [0.717, 1.165) is 16.7 Å². The molecule has 3 nitrogen and oxygen atoms in total. The van der Waals surface area contributed by atoms with Gasteiger partial charge in [-0.2, -0.15) is 0 Å². The summed E-state index contributed by atoms with van der Waals surface area (Å²) in [7, 11) is 1.81. The molecule has 0 bridgehead atoms. The van der Waals surface area contributed by atoms with Gasteiger partial charge in [0, 0.05) is 18.0 Å². The van der Waals surface area contributed by atoms with Crippen molar-refractivity contribution >= 4 is 28.9 Å². The van der Waals surface area contributed by atoms with Gasteiger partial charge in [-0.05, 0) is 31.4 Å². The summed E-state index contributed by atoms with van der Waals surface area (Å²) in [6.45, 7) is 2.16. The normalized spacial score (nSPS) is 17.9. The summed E-state index contributed by atoms with van der Waals surface area (Å²) in [5, 5.41) is 6.84. The van der Waals surface area contributed by atoms with Crippen LogP contribution in [0.3, 0.4) is 0 Å². The summed E-state index contributed by atoms with van der Waals surface area (Å²) < 4.78 is 0.838. The Labute approximate surface area is 111 Å². The Morgan fingerprint density at radius 2 is 2.35 bits per heavy atom. The Bertz CT molecular complexity index is 398. The van der Waals surface area contributed by atoms with Crippen LogP contribution in [0.5, 0.6) is 0 Å². The van der Waals surface area contributed by atoms with Crippen molar-refractivity contribution in [2.45, 2.75) is 38.3 Å². The Balaban J connectivity index is 1.97. The van der Waals surface area contributed by atoms with E-state index in [2.05, 4.69) is 28.6 Å². The number of nitrogens with zero attached hydrogens (tertiary/aromatic N) is 1. The zero-order chi connectivity index (χ0) is 12.3. The van der Waals surface area contributed by atoms with Crippen molar-refractivity contribution in [3.05, 3.63) is 21.3 Å². The van der Waals surface area contributed by atoms with Gasteiger partial charge in [-0.15, -0.1) is 11.3 Å². The van der Waals surface area contributed by atoms with E-state index in [1.807, 2.05) is 13.1 Å². The van der Waals surface area contributed by atoms with E-state index < -0.39 is 0 Å². The van der Waals surface area contributed by atoms with Crippen LogP contribution in [-0.2, 0) is 0 Å². The molecule has 0 aliphatic heterocycles. The predicted molar refractivity (Wildman–Crippen MR) is 75.0 cm³/mol. The van der Waals surface area contributed by atoms with Gasteiger partial charge in [-0.1, -0.05) is 18.5 Å². The smallest absolute Gasteiger partial charge is 0.191 e. The molecule has 5 heteroatoms. The van der Waals surface area contributed by atoms with Crippen LogP contribution in [0.2, 0.25) is 4.34 Å². The number of hydrogen-bond acceptors (Lipinski definition) is 2. The summed E-state index contributed by atoms with van der Waals surface area (Å²) >= 11 is 7.60. The van der Waals surface area contributed by atoms with Gasteiger partial charge in [0.2, 0.25) is 0 Å². The summed E-state index contributed by atoms with van der Waals surface area (Å²) in [6.07, 6.45) is 3.52. The van der Waals surface area contributed by atoms with Crippen molar-refractivity contribution in [2.24, 2.45) is 4.99 Å². The Morgan fingerprint density at radius 1 is 1.59 bits per heavy atom. The molecule has 2 rings (SSSR count). The largest absolute Gasteiger partial charge is 0.354 e. The quantitative estimate of drug-likeness (QED) is 0.652. The van der Waals surface area contributed by atoms with Crippen molar-refractivity contribution in [2.75, 3.05) is 7.05 Å². The molecule has 2 N–H and O–H groups in total. The van der Waals surface area contributed by atoms with Crippen LogP contribution in [0.4, 0.5) is 0 Å². The molecule has 94 valence electrons. The predicted octanol–water partition coefficient (Wildman–Crippen LogP) is 3.18. The molecule has 1 aliphatic carbocycles. The van der Waals surface area contributed by atoms with Gasteiger partial charge in [0.15, 0.2) is 5.96 Å². The molecule has 1 aliphatic rings. The van der Waals surface area contributed by atoms with Gasteiger partial charge >= 0.3 is 0 Å². The molecule has 1 atom stereocenters. The highest BCUT2D eigenvalue weighted by Gasteiger charge is 2.23. The summed E-state index contributed by atoms with van der Waals surface area (Å²) in [6, 6.07) is 4.93. The molecule has 0 saturated heterocycles. The van der Waals surface area contributed by atoms with Crippen LogP contribution < -0.4 is 10.6 Å². The first-order valence-corrected chi connectivity index (χ1v) is 7.17. The molecule has 0 amide bonds. The third kappa shape index (κ3) is 3.61. The molecule has 1 saturated carbocycles. The summed E-state index contributed by atoms with van der Waals surface area (Å²) in [5.74, 6) is 0.892. The van der Waals surface area contributed by atoms with Crippen LogP contribution in [-0.4, -0.2) is 19.0 Å². The first-order chi connectivity index (χ1) is 8.22. The van der Waals surface area contributed by atoms with Crippen LogP contribution in [0.15, 0.2) is 17.1 Å². The third-order valence-corrected chi connectivity index (χ3v) is 4.14. The Hall–Kier alpha value is -0.740. The van der Waals surface area contributed by atoms with Gasteiger partial charge in [0.25, 0.3) is 0 Å². The lowest BCUT2D eigenvalue weighted by molar-refractivity contribution is 0.618. The topological polar surface area (TPSA) is 36.4 Å². The highest BCUT2D eigenvalue weighted by atomic mass is 35.5. The second-order valence-electron chi connectivity index (χ2n) is 4.24. The molecule has 0 unspecified atom stereocenters. The minimum atomic E-state index is 0.289. The lowest BCUT2D eigenvalue weighted by atomic mass is 10.2. The monoisotopic (exact) mass is 271 g/mol. The zero-order valence-electron chi connectivity index (χ0n) is 10.2. The SMILES string of the molecule is CC[C@@H](NC(=NC)NC1CC1)c1ccc(Cl)s1. The highest BCUT2D eigenvalue weighted by Crippen LogP contribution is 2.28. The summed E-state index contributed by atoms with van der Waals surface area (Å²) in [5.41, 5.74) is 0. The maximum absolute atomic E-state index is 5.97. The van der Waals surface area contributed by atoms with Gasteiger partial charge in [-0.25, -0.2) is 0 Å². The van der Waals surface area contributed by atoms with Gasteiger partial charge in [0.05, 0.1) is 10.4 Å². The Kier molecular flexibility index (Phi) is 4.29. The van der Waals surface area contributed by atoms with Crippen molar-refractivity contribution in [3.8, 4) is 0 Å². The Morgan fingerprint density at radius 3 is 2.82 bits per heavy atom. The molecule has 0 spiro atoms. The fourth-order valence-electron chi connectivity index (χ4n) is 1.65. The second kappa shape index (κ2) is 5.74. The first kappa shape index (κ1) is 12.7. The van der Waals surface area contributed by atoms with E-state index in [1.165, 1.54) is 17.7 Å². The number of hydrogen-bond donors (Lipinski definition) is 2. The van der Waals surface area contributed by atoms with E-state index in [4.69, 9.17) is 11.6 Å². The van der Waals surface area contributed by atoms with E-state index in [-0.39, 0.29) is 6.04 Å². The minimum absolute atomic E-state index is 0.289. The van der Waals surface area contributed by atoms with Crippen LogP contribution in [0, 0.1) is 0 Å². The van der Waals surface area contributed by atoms with Crippen molar-refractivity contribution < 1.29 is 0 Å². The molecule has 1 fully saturated rings. The van der Waals surface area contributed by atoms with E-state index in [9.17, 15) is 0 Å². The van der Waals surface area contributed by atoms with Crippen LogP contribution >= 0.6 is 22.9 Å². The maximum Gasteiger partial charge on any atom is 0.191 e. The standard InChI is InChI=1S/C12H18ClN3S/c1-3-9(10-6-7-11(13)17-10)16-12(14-2)15-8-4-5-8/h6-9H,3-5H2,1-2H3,(H2,14,15,16)/t9-/m1/s1. The van der Waals surface area contributed by atoms with Gasteiger partial charge < -0.3 is 10.6 Å². The highest BCUT2D eigenvalue weighted by molar-refractivity contribution is 7.16. The average molecular weight is 272 g/mol. The molecule has 1 aromatic rings. The van der Waals surface area contributed by atoms with Gasteiger partial charge in [0.1, 0.15) is 0 Å². The number of halogens is 1. The van der Waals surface area contributed by atoms with E-state index >= 15 is 0 Å². The lowest BCUT2D eigenvalue weighted by Gasteiger charge is -2.19. The minimum Gasteiger partial charge on any atom is -0.354 e. The lowest BCUT2D eigenvalue weighted by Crippen LogP contribution is -2.40. The first-order valence-electron chi connectivity index (χ1n) is 5.98. The fraction of sp³-hybridized carbons (Fsp3) is 0.583. The van der Waals surface area contributed by atoms with Crippen molar-refractivity contribution in [1.82, 2.24) is 10.6 Å². The molecule has 0 radical (unpaired) electrons. The van der Waals surface area contributed by atoms with E-state index in [1.54, 1.807) is 11.3 Å². The number of rotatable bonds is 4. The molecular weight excluding hydrogens is 254 g/mol. The number of aliphatic imine (C=N–C) groups is 1. The average Bonchev–Trinajstić information content (AvgIpc) is 3.05. The summed E-state index contributed by atoms with van der Waals surface area (Å²) in [4.78, 5) is 5.51. The van der Waals surface area contributed by atoms with Crippen molar-refractivity contribution in [1.29, 1.82) is 0 Å². The molecule has 1 heterocycles. The number of thiophene rings is 1. The van der Waals surface area contributed by atoms with Crippen LogP contribution in [0.25, 0.3) is 0 Å². The molecular formula is C12H18ClN3S. The molecule has 0 aromatic carbocycles. The van der Waals surface area contributed by atoms with Gasteiger partial charge in [-0.3, -0.25) is 4.99 Å². The second-order valence-corrected chi connectivity index (χ2v) is 5.98. The maximum atomic E-state index is 5.97. The molecule has 1 aromatic heterocycles. The third-order valence-electron chi connectivity index (χ3n) is 2.80. The number of guanidine groups is 1. The fourth-order valence-corrected chi connectivity index (χ4v) is 2.84. The zero-order valence-corrected chi connectivity index (χ0v) is 11.7. The molecule has 17 heavy (non-hydrogen) atoms. The number of nitrogens with one attached hydrogen (secondary N) is 2. The van der Waals surface area contributed by atoms with Crippen molar-refractivity contribution in [3.63, 3.8) is 0 Å². The van der Waals surface area contributed by atoms with Crippen LogP contribution in [0.1, 0.15) is 37.1 Å². The van der Waals surface area contributed by atoms with E-state index in [0.29, 0.717) is 6.04 Å².